The summed E-state index contributed by atoms with van der Waals surface area (Å²) in [4.78, 5) is 35.0. The molecular weight excluding hydrogens is 767 g/mol. The third kappa shape index (κ3) is 36.1. The summed E-state index contributed by atoms with van der Waals surface area (Å²) in [6, 6.07) is 0. The average molecular weight is 841 g/mol. The third-order valence-electron chi connectivity index (χ3n) is 8.39. The molecule has 0 aromatic rings. The van der Waals surface area contributed by atoms with Crippen molar-refractivity contribution in [2.24, 2.45) is 0 Å². The first-order chi connectivity index (χ1) is 27.9. The molecule has 0 aliphatic carbocycles. The van der Waals surface area contributed by atoms with Crippen LogP contribution in [0, 0.1) is 0 Å². The van der Waals surface area contributed by atoms with Gasteiger partial charge in [0.1, 0.15) is 12.7 Å². The average Bonchev–Trinajstić information content (AvgIpc) is 3.20. The Morgan fingerprint density at radius 3 is 1.81 bits per heavy atom. The van der Waals surface area contributed by atoms with E-state index in [4.69, 9.17) is 19.1 Å². The molecule has 0 fully saturated rings. The zero-order valence-electron chi connectivity index (χ0n) is 34.8. The highest BCUT2D eigenvalue weighted by molar-refractivity contribution is 7.47. The largest absolute Gasteiger partial charge is 0.472 e. The smallest absolute Gasteiger partial charge is 0.462 e. The van der Waals surface area contributed by atoms with Gasteiger partial charge in [0, 0.05) is 12.8 Å². The number of ether oxygens (including phenoxy) is 2. The molecule has 332 valence electrons. The molecule has 6 N–H and O–H groups in total. The predicted molar refractivity (Wildman–Crippen MR) is 227 cm³/mol. The molecule has 0 rings (SSSR count). The summed E-state index contributed by atoms with van der Waals surface area (Å²) in [5.41, 5.74) is 0. The van der Waals surface area contributed by atoms with Crippen molar-refractivity contribution < 1.29 is 63.1 Å². The van der Waals surface area contributed by atoms with E-state index in [1.54, 1.807) is 42.5 Å². The summed E-state index contributed by atoms with van der Waals surface area (Å²) in [7, 11) is -4.72. The van der Waals surface area contributed by atoms with Crippen molar-refractivity contribution in [2.75, 3.05) is 26.4 Å². The lowest BCUT2D eigenvalue weighted by atomic mass is 10.1. The van der Waals surface area contributed by atoms with Crippen molar-refractivity contribution in [3.8, 4) is 0 Å². The fraction of sp³-hybridized carbons (Fsp3) is 0.636. The number of aliphatic hydroxyl groups excluding tert-OH is 5. The van der Waals surface area contributed by atoms with E-state index in [0.29, 0.717) is 6.42 Å². The SMILES string of the molecule is CCCCC/C=C\C/C=C\C/C=C\CCCCC(=O)O[C@H](COC(=O)CCC[C@@H](O)[C@H](O)/C=C/C=C/C=C\C=C\[C@H](O)CCCCC)COP(=O)(O)OC[C@@H](O)CO. The topological polar surface area (TPSA) is 210 Å². The van der Waals surface area contributed by atoms with Gasteiger partial charge in [-0.15, -0.1) is 0 Å². The number of esters is 2. The minimum Gasteiger partial charge on any atom is -0.462 e. The quantitative estimate of drug-likeness (QED) is 0.0117. The summed E-state index contributed by atoms with van der Waals surface area (Å²) in [6.07, 6.45) is 33.5. The van der Waals surface area contributed by atoms with E-state index in [1.165, 1.54) is 25.3 Å². The molecule has 1 unspecified atom stereocenters. The summed E-state index contributed by atoms with van der Waals surface area (Å²) >= 11 is 0. The molecule has 58 heavy (non-hydrogen) atoms. The molecule has 14 heteroatoms. The molecule has 0 aromatic carbocycles. The summed E-state index contributed by atoms with van der Waals surface area (Å²) < 4.78 is 32.4. The maximum Gasteiger partial charge on any atom is 0.472 e. The van der Waals surface area contributed by atoms with Gasteiger partial charge >= 0.3 is 19.8 Å². The number of carbonyl (C=O) groups excluding carboxylic acids is 2. The Hall–Kier alpha value is -2.97. The van der Waals surface area contributed by atoms with Gasteiger partial charge in [-0.2, -0.15) is 0 Å². The Morgan fingerprint density at radius 1 is 0.621 bits per heavy atom. The lowest BCUT2D eigenvalue weighted by Crippen LogP contribution is -2.30. The molecule has 0 aliphatic rings. The first-order valence-corrected chi connectivity index (χ1v) is 22.4. The highest BCUT2D eigenvalue weighted by atomic mass is 31.2. The minimum absolute atomic E-state index is 0.0571. The molecule has 13 nitrogen and oxygen atoms in total. The van der Waals surface area contributed by atoms with Gasteiger partial charge < -0.3 is 39.9 Å². The van der Waals surface area contributed by atoms with Crippen LogP contribution in [0.15, 0.2) is 85.1 Å². The Bertz CT molecular complexity index is 1290. The molecule has 6 atom stereocenters. The number of carbonyl (C=O) groups is 2. The molecule has 0 heterocycles. The lowest BCUT2D eigenvalue weighted by molar-refractivity contribution is -0.161. The van der Waals surface area contributed by atoms with Crippen molar-refractivity contribution in [3.05, 3.63) is 85.1 Å². The van der Waals surface area contributed by atoms with Crippen molar-refractivity contribution >= 4 is 19.8 Å². The number of phosphoric ester groups is 1. The van der Waals surface area contributed by atoms with E-state index in [0.717, 1.165) is 57.8 Å². The number of aliphatic hydroxyl groups is 5. The van der Waals surface area contributed by atoms with Gasteiger partial charge in [-0.3, -0.25) is 18.6 Å². The van der Waals surface area contributed by atoms with E-state index in [-0.39, 0.29) is 25.7 Å². The van der Waals surface area contributed by atoms with Crippen molar-refractivity contribution in [1.29, 1.82) is 0 Å². The minimum atomic E-state index is -4.72. The number of hydrogen-bond acceptors (Lipinski definition) is 12. The van der Waals surface area contributed by atoms with Gasteiger partial charge in [-0.25, -0.2) is 4.57 Å². The third-order valence-corrected chi connectivity index (χ3v) is 9.34. The summed E-state index contributed by atoms with van der Waals surface area (Å²) in [5, 5.41) is 48.7. The lowest BCUT2D eigenvalue weighted by Gasteiger charge is -2.20. The van der Waals surface area contributed by atoms with Gasteiger partial charge in [0.25, 0.3) is 0 Å². The Morgan fingerprint density at radius 2 is 1.17 bits per heavy atom. The van der Waals surface area contributed by atoms with Crippen molar-refractivity contribution in [2.45, 2.75) is 154 Å². The maximum absolute atomic E-state index is 12.6. The summed E-state index contributed by atoms with van der Waals surface area (Å²) in [6.45, 7) is 1.78. The van der Waals surface area contributed by atoms with Crippen LogP contribution in [0.4, 0.5) is 0 Å². The van der Waals surface area contributed by atoms with Crippen LogP contribution < -0.4 is 0 Å². The molecular formula is C44H73O13P. The molecule has 0 spiro atoms. The van der Waals surface area contributed by atoms with Gasteiger partial charge in [0.2, 0.25) is 0 Å². The molecule has 0 saturated carbocycles. The maximum atomic E-state index is 12.6. The van der Waals surface area contributed by atoms with E-state index >= 15 is 0 Å². The zero-order chi connectivity index (χ0) is 43.1. The summed E-state index contributed by atoms with van der Waals surface area (Å²) in [5.74, 6) is -1.31. The standard InChI is InChI=1S/C44H73O13P/c1-3-5-7-8-9-10-11-12-13-14-15-16-17-22-26-32-44(51)57-40(37-56-58(52,53)55-35-39(47)34-45)36-54-43(50)33-27-31-42(49)41(48)30-25-21-19-18-20-24-29-38(46)28-23-6-4-2/h9-10,12-13,15-16,18-21,24-25,29-30,38-42,45-49H,3-8,11,14,17,22-23,26-28,31-37H2,1-2H3,(H,52,53)/b10-9-,13-12-,16-15-,20-18-,21-19+,29-24+,30-25+/t38-,39+,40-,41-,42-/m1/s1. The Balaban J connectivity index is 4.74. The van der Waals surface area contributed by atoms with Gasteiger partial charge in [-0.1, -0.05) is 131 Å². The second-order valence-corrected chi connectivity index (χ2v) is 15.3. The molecule has 0 aliphatic heterocycles. The predicted octanol–water partition coefficient (Wildman–Crippen LogP) is 7.58. The first kappa shape index (κ1) is 55.0. The normalized spacial score (nSPS) is 16.3. The number of phosphoric acid groups is 1. The van der Waals surface area contributed by atoms with Gasteiger partial charge in [0.15, 0.2) is 6.10 Å². The van der Waals surface area contributed by atoms with E-state index in [1.807, 2.05) is 0 Å². The fourth-order valence-electron chi connectivity index (χ4n) is 4.97. The van der Waals surface area contributed by atoms with E-state index in [9.17, 15) is 39.5 Å². The molecule has 0 bridgehead atoms. The van der Waals surface area contributed by atoms with Crippen LogP contribution >= 0.6 is 7.82 Å². The van der Waals surface area contributed by atoms with Crippen LogP contribution in [0.1, 0.15) is 123 Å². The van der Waals surface area contributed by atoms with Crippen molar-refractivity contribution in [3.63, 3.8) is 0 Å². The van der Waals surface area contributed by atoms with Gasteiger partial charge in [0.05, 0.1) is 38.1 Å². The number of rotatable bonds is 37. The van der Waals surface area contributed by atoms with E-state index < -0.39 is 76.7 Å². The highest BCUT2D eigenvalue weighted by Gasteiger charge is 2.27. The van der Waals surface area contributed by atoms with Crippen LogP contribution in [0.5, 0.6) is 0 Å². The molecule has 0 amide bonds. The van der Waals surface area contributed by atoms with Crippen LogP contribution in [0.3, 0.4) is 0 Å². The van der Waals surface area contributed by atoms with Crippen LogP contribution in [0.2, 0.25) is 0 Å². The number of hydrogen-bond donors (Lipinski definition) is 6. The molecule has 0 aromatic heterocycles. The second-order valence-electron chi connectivity index (χ2n) is 13.9. The monoisotopic (exact) mass is 840 g/mol. The first-order valence-electron chi connectivity index (χ1n) is 20.9. The molecule has 0 saturated heterocycles. The fourth-order valence-corrected chi connectivity index (χ4v) is 5.76. The number of unbranched alkanes of at least 4 members (excludes halogenated alkanes) is 7. The van der Waals surface area contributed by atoms with Crippen LogP contribution in [-0.2, 0) is 32.7 Å². The number of allylic oxidation sites excluding steroid dienone is 12. The van der Waals surface area contributed by atoms with E-state index in [2.05, 4.69) is 54.8 Å². The Labute approximate surface area is 347 Å². The molecule has 0 radical (unpaired) electrons. The Kier molecular flexibility index (Phi) is 36.3. The van der Waals surface area contributed by atoms with Gasteiger partial charge in [-0.05, 0) is 64.2 Å². The highest BCUT2D eigenvalue weighted by Crippen LogP contribution is 2.43. The van der Waals surface area contributed by atoms with Crippen molar-refractivity contribution in [1.82, 2.24) is 0 Å². The van der Waals surface area contributed by atoms with Crippen LogP contribution in [0.25, 0.3) is 0 Å². The van der Waals surface area contributed by atoms with Crippen LogP contribution in [-0.4, -0.2) is 99.3 Å². The zero-order valence-corrected chi connectivity index (χ0v) is 35.7. The second kappa shape index (κ2) is 38.2.